The van der Waals surface area contributed by atoms with Crippen molar-refractivity contribution in [1.82, 2.24) is 4.90 Å². The molecule has 2 aromatic rings. The molecule has 0 radical (unpaired) electrons. The number of hydrogen-bond donors (Lipinski definition) is 0. The van der Waals surface area contributed by atoms with Crippen LogP contribution in [-0.4, -0.2) is 22.2 Å². The second-order valence-corrected chi connectivity index (χ2v) is 11.4. The molecule has 1 aliphatic carbocycles. The molecule has 0 bridgehead atoms. The van der Waals surface area contributed by atoms with E-state index in [1.54, 1.807) is 18.2 Å². The van der Waals surface area contributed by atoms with Crippen molar-refractivity contribution >= 4 is 34.8 Å². The van der Waals surface area contributed by atoms with E-state index in [1.165, 1.54) is 5.56 Å². The van der Waals surface area contributed by atoms with Crippen molar-refractivity contribution in [2.24, 2.45) is 16.3 Å². The summed E-state index contributed by atoms with van der Waals surface area (Å²) < 4.78 is 0. The smallest absolute Gasteiger partial charge is 0.275 e. The summed E-state index contributed by atoms with van der Waals surface area (Å²) in [5.41, 5.74) is 3.24. The van der Waals surface area contributed by atoms with E-state index in [9.17, 15) is 4.79 Å². The van der Waals surface area contributed by atoms with Crippen molar-refractivity contribution in [3.05, 3.63) is 69.2 Å². The normalized spacial score (nSPS) is 24.7. The lowest BCUT2D eigenvalue weighted by Gasteiger charge is -2.46. The highest BCUT2D eigenvalue weighted by Crippen LogP contribution is 2.49. The van der Waals surface area contributed by atoms with Gasteiger partial charge in [0.25, 0.3) is 5.91 Å². The molecule has 2 aliphatic rings. The van der Waals surface area contributed by atoms with Crippen LogP contribution >= 0.6 is 23.2 Å². The molecule has 4 rings (SSSR count). The zero-order chi connectivity index (χ0) is 23.3. The van der Waals surface area contributed by atoms with Crippen LogP contribution in [0.25, 0.3) is 0 Å². The summed E-state index contributed by atoms with van der Waals surface area (Å²) in [6.45, 7) is 11.1. The first-order chi connectivity index (χ1) is 15.0. The Kier molecular flexibility index (Phi) is 6.19. The Labute approximate surface area is 201 Å². The van der Waals surface area contributed by atoms with E-state index in [1.807, 2.05) is 4.90 Å². The fraction of sp³-hybridized carbons (Fsp3) is 0.481. The molecule has 1 aliphatic heterocycles. The van der Waals surface area contributed by atoms with Gasteiger partial charge in [-0.25, -0.2) is 0 Å². The van der Waals surface area contributed by atoms with Gasteiger partial charge in [-0.2, -0.15) is 0 Å². The summed E-state index contributed by atoms with van der Waals surface area (Å²) in [5.74, 6) is 0.588. The van der Waals surface area contributed by atoms with Gasteiger partial charge < -0.3 is 4.90 Å². The third-order valence-electron chi connectivity index (χ3n) is 7.28. The van der Waals surface area contributed by atoms with Gasteiger partial charge in [0, 0.05) is 15.6 Å². The number of nitrogens with zero attached hydrogens (tertiary/aromatic N) is 2. The van der Waals surface area contributed by atoms with Crippen molar-refractivity contribution in [3.8, 4) is 0 Å². The third kappa shape index (κ3) is 4.34. The molecule has 1 amide bonds. The monoisotopic (exact) mass is 470 g/mol. The molecular formula is C27H32Cl2N2O. The molecule has 3 nitrogen and oxygen atoms in total. The minimum absolute atomic E-state index is 0.0365. The van der Waals surface area contributed by atoms with Crippen LogP contribution in [0.4, 0.5) is 0 Å². The zero-order valence-corrected chi connectivity index (χ0v) is 21.1. The van der Waals surface area contributed by atoms with Gasteiger partial charge in [0.1, 0.15) is 11.4 Å². The summed E-state index contributed by atoms with van der Waals surface area (Å²) in [6, 6.07) is 13.6. The zero-order valence-electron chi connectivity index (χ0n) is 19.6. The predicted octanol–water partition coefficient (Wildman–Crippen LogP) is 7.63. The van der Waals surface area contributed by atoms with Gasteiger partial charge >= 0.3 is 0 Å². The second-order valence-electron chi connectivity index (χ2n) is 10.5. The van der Waals surface area contributed by atoms with Gasteiger partial charge in [-0.15, -0.1) is 0 Å². The van der Waals surface area contributed by atoms with Crippen LogP contribution in [0.1, 0.15) is 76.1 Å². The molecule has 1 fully saturated rings. The van der Waals surface area contributed by atoms with Crippen LogP contribution in [0.5, 0.6) is 0 Å². The molecule has 1 atom stereocenters. The Morgan fingerprint density at radius 1 is 1.03 bits per heavy atom. The summed E-state index contributed by atoms with van der Waals surface area (Å²) in [7, 11) is 0. The average molecular weight is 471 g/mol. The predicted molar refractivity (Wildman–Crippen MR) is 134 cm³/mol. The second kappa shape index (κ2) is 8.50. The van der Waals surface area contributed by atoms with E-state index in [4.69, 9.17) is 28.2 Å². The lowest BCUT2D eigenvalue weighted by atomic mass is 9.69. The standard InChI is InChI=1S/C27H32Cl2N2O/c1-17-6-8-19(9-7-17)18(2)31-25(32)24(20-14-22(28)16-23(29)15-20)30-27(31)12-10-21(11-13-27)26(3,4)5/h6-9,14-16,18,21H,10-13H2,1-5H3. The minimum Gasteiger partial charge on any atom is -0.306 e. The van der Waals surface area contributed by atoms with Gasteiger partial charge in [0.2, 0.25) is 0 Å². The number of benzene rings is 2. The number of hydrogen-bond acceptors (Lipinski definition) is 2. The summed E-state index contributed by atoms with van der Waals surface area (Å²) in [6.07, 6.45) is 3.85. The number of rotatable bonds is 3. The van der Waals surface area contributed by atoms with Gasteiger partial charge in [-0.1, -0.05) is 73.8 Å². The first-order valence-electron chi connectivity index (χ1n) is 11.5. The highest BCUT2D eigenvalue weighted by atomic mass is 35.5. The maximum absolute atomic E-state index is 13.9. The fourth-order valence-corrected chi connectivity index (χ4v) is 5.85. The fourth-order valence-electron chi connectivity index (χ4n) is 5.32. The van der Waals surface area contributed by atoms with Crippen LogP contribution in [0, 0.1) is 18.3 Å². The molecule has 32 heavy (non-hydrogen) atoms. The molecule has 0 N–H and O–H groups in total. The van der Waals surface area contributed by atoms with Gasteiger partial charge in [-0.05, 0) is 74.6 Å². The van der Waals surface area contributed by atoms with E-state index in [0.29, 0.717) is 27.2 Å². The van der Waals surface area contributed by atoms with E-state index in [-0.39, 0.29) is 17.4 Å². The van der Waals surface area contributed by atoms with E-state index >= 15 is 0 Å². The average Bonchev–Trinajstić information content (AvgIpc) is 2.98. The van der Waals surface area contributed by atoms with Crippen LogP contribution < -0.4 is 0 Å². The highest BCUT2D eigenvalue weighted by molar-refractivity contribution is 6.47. The first-order valence-corrected chi connectivity index (χ1v) is 12.2. The van der Waals surface area contributed by atoms with E-state index in [0.717, 1.165) is 31.2 Å². The van der Waals surface area contributed by atoms with E-state index < -0.39 is 5.66 Å². The van der Waals surface area contributed by atoms with Crippen LogP contribution in [0.3, 0.4) is 0 Å². The summed E-state index contributed by atoms with van der Waals surface area (Å²) in [5, 5.41) is 1.03. The molecule has 0 aromatic heterocycles. The molecule has 1 unspecified atom stereocenters. The number of carbonyl (C=O) groups excluding carboxylic acids is 1. The maximum atomic E-state index is 13.9. The molecule has 0 saturated heterocycles. The Morgan fingerprint density at radius 2 is 1.59 bits per heavy atom. The maximum Gasteiger partial charge on any atom is 0.275 e. The lowest BCUT2D eigenvalue weighted by Crippen LogP contribution is -2.50. The van der Waals surface area contributed by atoms with Crippen molar-refractivity contribution in [2.75, 3.05) is 0 Å². The molecule has 1 saturated carbocycles. The van der Waals surface area contributed by atoms with Gasteiger partial charge in [0.05, 0.1) is 6.04 Å². The summed E-state index contributed by atoms with van der Waals surface area (Å²) >= 11 is 12.5. The summed E-state index contributed by atoms with van der Waals surface area (Å²) in [4.78, 5) is 21.0. The number of amides is 1. The topological polar surface area (TPSA) is 32.7 Å². The number of aliphatic imine (C=N–C) groups is 1. The third-order valence-corrected chi connectivity index (χ3v) is 7.72. The van der Waals surface area contributed by atoms with Crippen molar-refractivity contribution in [2.45, 2.75) is 72.0 Å². The largest absolute Gasteiger partial charge is 0.306 e. The molecule has 2 aromatic carbocycles. The Morgan fingerprint density at radius 3 is 2.12 bits per heavy atom. The molecule has 5 heteroatoms. The number of aryl methyl sites for hydroxylation is 1. The number of carbonyl (C=O) groups is 1. The minimum atomic E-state index is -0.521. The highest BCUT2D eigenvalue weighted by Gasteiger charge is 2.51. The molecule has 1 spiro atoms. The molecular weight excluding hydrogens is 439 g/mol. The Balaban J connectivity index is 1.75. The van der Waals surface area contributed by atoms with Gasteiger partial charge in [-0.3, -0.25) is 9.79 Å². The van der Waals surface area contributed by atoms with Crippen molar-refractivity contribution in [1.29, 1.82) is 0 Å². The van der Waals surface area contributed by atoms with Crippen LogP contribution in [0.2, 0.25) is 10.0 Å². The lowest BCUT2D eigenvalue weighted by molar-refractivity contribution is -0.132. The molecule has 170 valence electrons. The number of halogens is 2. The Hall–Kier alpha value is -1.84. The van der Waals surface area contributed by atoms with Crippen molar-refractivity contribution in [3.63, 3.8) is 0 Å². The van der Waals surface area contributed by atoms with Crippen molar-refractivity contribution < 1.29 is 4.79 Å². The van der Waals surface area contributed by atoms with Crippen LogP contribution in [0.15, 0.2) is 47.5 Å². The van der Waals surface area contributed by atoms with E-state index in [2.05, 4.69) is 58.9 Å². The van der Waals surface area contributed by atoms with Gasteiger partial charge in [0.15, 0.2) is 0 Å². The van der Waals surface area contributed by atoms with Crippen LogP contribution in [-0.2, 0) is 4.79 Å². The quantitative estimate of drug-likeness (QED) is 0.453. The first kappa shape index (κ1) is 23.3. The Bertz CT molecular complexity index is 1020. The SMILES string of the molecule is Cc1ccc(C(C)N2C(=O)C(c3cc(Cl)cc(Cl)c3)=NC23CCC(C(C)(C)C)CC3)cc1. The molecule has 1 heterocycles.